The molecule has 0 bridgehead atoms. The number of aromatic hydroxyl groups is 1. The number of allylic oxidation sites excluding steroid dienone is 1. The van der Waals surface area contributed by atoms with Crippen LogP contribution in [0.15, 0.2) is 36.9 Å². The first kappa shape index (κ1) is 10.8. The molecule has 1 rings (SSSR count). The van der Waals surface area contributed by atoms with E-state index >= 15 is 0 Å². The first-order valence-corrected chi connectivity index (χ1v) is 5.01. The lowest BCUT2D eigenvalue weighted by molar-refractivity contribution is 0.409. The molecule has 0 amide bonds. The number of phenols is 1. The Morgan fingerprint density at radius 2 is 1.93 bits per heavy atom. The molecule has 1 nitrogen and oxygen atoms in total. The maximum Gasteiger partial charge on any atom is 0.115 e. The van der Waals surface area contributed by atoms with Gasteiger partial charge in [0.25, 0.3) is 0 Å². The van der Waals surface area contributed by atoms with E-state index in [9.17, 15) is 0 Å². The molecule has 0 aliphatic carbocycles. The summed E-state index contributed by atoms with van der Waals surface area (Å²) in [5.74, 6) is 0.325. The molecule has 0 saturated carbocycles. The van der Waals surface area contributed by atoms with Gasteiger partial charge in [-0.2, -0.15) is 0 Å². The zero-order valence-electron chi connectivity index (χ0n) is 8.96. The van der Waals surface area contributed by atoms with Crippen LogP contribution in [0.25, 0.3) is 0 Å². The van der Waals surface area contributed by atoms with E-state index in [4.69, 9.17) is 5.11 Å². The lowest BCUT2D eigenvalue weighted by Crippen LogP contribution is -2.14. The topological polar surface area (TPSA) is 20.2 Å². The van der Waals surface area contributed by atoms with Crippen LogP contribution < -0.4 is 0 Å². The quantitative estimate of drug-likeness (QED) is 0.720. The minimum atomic E-state index is 0.164. The van der Waals surface area contributed by atoms with Crippen molar-refractivity contribution in [1.82, 2.24) is 0 Å². The molecular formula is C13H18O. The molecule has 76 valence electrons. The Kier molecular flexibility index (Phi) is 3.34. The third-order valence-electron chi connectivity index (χ3n) is 2.84. The molecule has 0 aromatic heterocycles. The first-order valence-electron chi connectivity index (χ1n) is 5.01. The minimum Gasteiger partial charge on any atom is -0.508 e. The smallest absolute Gasteiger partial charge is 0.115 e. The molecule has 14 heavy (non-hydrogen) atoms. The summed E-state index contributed by atoms with van der Waals surface area (Å²) in [6.07, 6.45) is 4.07. The summed E-state index contributed by atoms with van der Waals surface area (Å²) in [6, 6.07) is 7.39. The van der Waals surface area contributed by atoms with Gasteiger partial charge in [-0.3, -0.25) is 0 Å². The number of rotatable bonds is 4. The van der Waals surface area contributed by atoms with Gasteiger partial charge in [0, 0.05) is 0 Å². The highest BCUT2D eigenvalue weighted by Crippen LogP contribution is 2.27. The van der Waals surface area contributed by atoms with Crippen LogP contribution in [0, 0.1) is 5.41 Å². The van der Waals surface area contributed by atoms with Gasteiger partial charge in [0.05, 0.1) is 0 Å². The van der Waals surface area contributed by atoms with Crippen LogP contribution in [-0.2, 0) is 6.42 Å². The van der Waals surface area contributed by atoms with Gasteiger partial charge < -0.3 is 5.11 Å². The molecule has 1 aromatic carbocycles. The molecule has 1 N–H and O–H groups in total. The van der Waals surface area contributed by atoms with Gasteiger partial charge in [-0.25, -0.2) is 0 Å². The highest BCUT2D eigenvalue weighted by atomic mass is 16.3. The third-order valence-corrected chi connectivity index (χ3v) is 2.84. The Morgan fingerprint density at radius 1 is 1.36 bits per heavy atom. The third kappa shape index (κ3) is 2.63. The van der Waals surface area contributed by atoms with E-state index in [1.54, 1.807) is 12.1 Å². The second-order valence-corrected chi connectivity index (χ2v) is 4.05. The van der Waals surface area contributed by atoms with Gasteiger partial charge in [-0.05, 0) is 36.0 Å². The Bertz CT molecular complexity index is 300. The predicted octanol–water partition coefficient (Wildman–Crippen LogP) is 3.54. The van der Waals surface area contributed by atoms with Crippen LogP contribution >= 0.6 is 0 Å². The molecule has 0 radical (unpaired) electrons. The number of hydrogen-bond donors (Lipinski definition) is 1. The van der Waals surface area contributed by atoms with E-state index in [0.717, 1.165) is 12.8 Å². The summed E-state index contributed by atoms with van der Waals surface area (Å²) in [7, 11) is 0. The van der Waals surface area contributed by atoms with Crippen molar-refractivity contribution in [3.63, 3.8) is 0 Å². The minimum absolute atomic E-state index is 0.164. The monoisotopic (exact) mass is 190 g/mol. The Labute approximate surface area is 86.1 Å². The molecule has 0 saturated heterocycles. The molecule has 1 atom stereocenters. The summed E-state index contributed by atoms with van der Waals surface area (Å²) in [5, 5.41) is 9.15. The fraction of sp³-hybridized carbons (Fsp3) is 0.385. The fourth-order valence-corrected chi connectivity index (χ4v) is 1.42. The highest BCUT2D eigenvalue weighted by molar-refractivity contribution is 5.27. The number of phenolic OH excluding ortho intramolecular Hbond substituents is 1. The van der Waals surface area contributed by atoms with Crippen LogP contribution in [0.4, 0.5) is 0 Å². The van der Waals surface area contributed by atoms with E-state index in [1.807, 2.05) is 18.2 Å². The zero-order valence-corrected chi connectivity index (χ0v) is 8.96. The maximum atomic E-state index is 9.15. The first-order chi connectivity index (χ1) is 6.59. The van der Waals surface area contributed by atoms with Crippen molar-refractivity contribution < 1.29 is 5.11 Å². The lowest BCUT2D eigenvalue weighted by atomic mass is 9.81. The van der Waals surface area contributed by atoms with Crippen molar-refractivity contribution in [2.45, 2.75) is 26.7 Å². The molecule has 0 heterocycles. The summed E-state index contributed by atoms with van der Waals surface area (Å²) >= 11 is 0. The summed E-state index contributed by atoms with van der Waals surface area (Å²) in [6.45, 7) is 8.24. The molecule has 0 aliphatic heterocycles. The molecule has 0 aliphatic rings. The van der Waals surface area contributed by atoms with E-state index in [0.29, 0.717) is 5.75 Å². The van der Waals surface area contributed by atoms with E-state index < -0.39 is 0 Å². The molecule has 0 fully saturated rings. The van der Waals surface area contributed by atoms with Crippen LogP contribution in [0.2, 0.25) is 0 Å². The van der Waals surface area contributed by atoms with Crippen molar-refractivity contribution in [3.8, 4) is 5.75 Å². The van der Waals surface area contributed by atoms with E-state index in [2.05, 4.69) is 20.4 Å². The molecular weight excluding hydrogens is 172 g/mol. The summed E-state index contributed by atoms with van der Waals surface area (Å²) < 4.78 is 0. The van der Waals surface area contributed by atoms with Gasteiger partial charge in [0.1, 0.15) is 5.75 Å². The zero-order chi connectivity index (χ0) is 10.6. The summed E-state index contributed by atoms with van der Waals surface area (Å²) in [5.41, 5.74) is 1.41. The van der Waals surface area contributed by atoms with E-state index in [1.165, 1.54) is 5.56 Å². The average molecular weight is 190 g/mol. The van der Waals surface area contributed by atoms with Gasteiger partial charge >= 0.3 is 0 Å². The van der Waals surface area contributed by atoms with Crippen molar-refractivity contribution in [3.05, 3.63) is 42.5 Å². The second kappa shape index (κ2) is 4.32. The van der Waals surface area contributed by atoms with Crippen molar-refractivity contribution in [1.29, 1.82) is 0 Å². The van der Waals surface area contributed by atoms with Crippen molar-refractivity contribution >= 4 is 0 Å². The molecule has 1 aromatic rings. The predicted molar refractivity (Wildman–Crippen MR) is 60.4 cm³/mol. The van der Waals surface area contributed by atoms with Gasteiger partial charge in [0.15, 0.2) is 0 Å². The molecule has 1 unspecified atom stereocenters. The number of benzene rings is 1. The standard InChI is InChI=1S/C13H18O/c1-4-13(3,5-2)10-11-6-8-12(14)9-7-11/h4,6-9,14H,1,5,10H2,2-3H3. The average Bonchev–Trinajstić information content (AvgIpc) is 2.21. The van der Waals surface area contributed by atoms with Gasteiger partial charge in [-0.1, -0.05) is 32.1 Å². The summed E-state index contributed by atoms with van der Waals surface area (Å²) in [4.78, 5) is 0. The Morgan fingerprint density at radius 3 is 2.36 bits per heavy atom. The molecule has 0 spiro atoms. The fourth-order valence-electron chi connectivity index (χ4n) is 1.42. The maximum absolute atomic E-state index is 9.15. The van der Waals surface area contributed by atoms with E-state index in [-0.39, 0.29) is 5.41 Å². The normalized spacial score (nSPS) is 14.7. The lowest BCUT2D eigenvalue weighted by Gasteiger charge is -2.23. The number of hydrogen-bond acceptors (Lipinski definition) is 1. The van der Waals surface area contributed by atoms with Crippen molar-refractivity contribution in [2.75, 3.05) is 0 Å². The van der Waals surface area contributed by atoms with Crippen molar-refractivity contribution in [2.24, 2.45) is 5.41 Å². The Balaban J connectivity index is 2.77. The second-order valence-electron chi connectivity index (χ2n) is 4.05. The molecule has 1 heteroatoms. The van der Waals surface area contributed by atoms with Crippen LogP contribution in [-0.4, -0.2) is 5.11 Å². The van der Waals surface area contributed by atoms with Crippen LogP contribution in [0.5, 0.6) is 5.75 Å². The van der Waals surface area contributed by atoms with Crippen LogP contribution in [0.1, 0.15) is 25.8 Å². The van der Waals surface area contributed by atoms with Crippen LogP contribution in [0.3, 0.4) is 0 Å². The SMILES string of the molecule is C=CC(C)(CC)Cc1ccc(O)cc1. The highest BCUT2D eigenvalue weighted by Gasteiger charge is 2.17. The van der Waals surface area contributed by atoms with Gasteiger partial charge in [-0.15, -0.1) is 6.58 Å². The Hall–Kier alpha value is -1.24. The van der Waals surface area contributed by atoms with Gasteiger partial charge in [0.2, 0.25) is 0 Å². The largest absolute Gasteiger partial charge is 0.508 e.